The fraction of sp³-hybridized carbons (Fsp3) is 0.360. The van der Waals surface area contributed by atoms with Gasteiger partial charge in [0.25, 0.3) is 11.4 Å². The number of fused-ring (bicyclic) bond motifs is 5. The minimum absolute atomic E-state index is 0.00311. The lowest BCUT2D eigenvalue weighted by Gasteiger charge is -2.25. The van der Waals surface area contributed by atoms with E-state index in [0.29, 0.717) is 16.0 Å². The molecule has 8 heteroatoms. The molecule has 0 bridgehead atoms. The summed E-state index contributed by atoms with van der Waals surface area (Å²) in [5.74, 6) is 1.19. The Labute approximate surface area is 194 Å². The summed E-state index contributed by atoms with van der Waals surface area (Å²) >= 11 is 1.49. The first kappa shape index (κ1) is 20.5. The van der Waals surface area contributed by atoms with Gasteiger partial charge in [0.1, 0.15) is 29.6 Å². The third kappa shape index (κ3) is 3.36. The number of carbonyl (C=O) groups excluding carboxylic acids is 1. The minimum Gasteiger partial charge on any atom is -0.373 e. The van der Waals surface area contributed by atoms with Gasteiger partial charge in [-0.2, -0.15) is 0 Å². The van der Waals surface area contributed by atoms with E-state index in [1.165, 1.54) is 41.6 Å². The van der Waals surface area contributed by atoms with Gasteiger partial charge in [-0.1, -0.05) is 11.3 Å². The number of rotatable bonds is 3. The second-order valence-corrected chi connectivity index (χ2v) is 9.76. The van der Waals surface area contributed by atoms with Crippen molar-refractivity contribution in [1.82, 2.24) is 9.55 Å². The highest BCUT2D eigenvalue weighted by molar-refractivity contribution is 7.25. The molecule has 1 aliphatic heterocycles. The number of morpholine rings is 1. The summed E-state index contributed by atoms with van der Waals surface area (Å²) in [6, 6.07) is 7.09. The van der Waals surface area contributed by atoms with Gasteiger partial charge in [0.2, 0.25) is 0 Å². The first-order valence-corrected chi connectivity index (χ1v) is 12.3. The summed E-state index contributed by atoms with van der Waals surface area (Å²) in [6.07, 6.45) is 6.02. The number of aryl methyl sites for hydroxylation is 1. The summed E-state index contributed by atoms with van der Waals surface area (Å²) in [5, 5.41) is 1.11. The molecule has 1 N–H and O–H groups in total. The Balaban J connectivity index is 1.54. The highest BCUT2D eigenvalue weighted by Crippen LogP contribution is 2.38. The number of nitrogens with one attached hydrogen (secondary N) is 1. The molecule has 7 nitrogen and oxygen atoms in total. The van der Waals surface area contributed by atoms with E-state index in [-0.39, 0.29) is 11.3 Å². The number of thiophene rings is 1. The Kier molecular flexibility index (Phi) is 4.99. The molecule has 33 heavy (non-hydrogen) atoms. The summed E-state index contributed by atoms with van der Waals surface area (Å²) in [7, 11) is 0. The zero-order chi connectivity index (χ0) is 22.5. The van der Waals surface area contributed by atoms with E-state index in [1.807, 2.05) is 0 Å². The smallest absolute Gasteiger partial charge is 0.279 e. The van der Waals surface area contributed by atoms with Crippen molar-refractivity contribution in [2.24, 2.45) is 0 Å². The number of H-pyrrole nitrogens is 1. The molecule has 1 aliphatic carbocycles. The molecule has 0 unspecified atom stereocenters. The maximum atomic E-state index is 13.5. The van der Waals surface area contributed by atoms with E-state index in [9.17, 15) is 9.59 Å². The lowest BCUT2D eigenvalue weighted by atomic mass is 9.90. The van der Waals surface area contributed by atoms with Crippen LogP contribution in [0.5, 0.6) is 0 Å². The third-order valence-corrected chi connectivity index (χ3v) is 7.85. The first-order valence-electron chi connectivity index (χ1n) is 11.5. The van der Waals surface area contributed by atoms with Crippen LogP contribution in [0, 0.1) is 0 Å². The second-order valence-electron chi connectivity index (χ2n) is 8.74. The number of aromatic nitrogens is 3. The van der Waals surface area contributed by atoms with Crippen LogP contribution in [0.4, 0.5) is 5.82 Å². The molecule has 0 atom stereocenters. The Hall–Kier alpha value is -3.10. The molecule has 2 aliphatic rings. The van der Waals surface area contributed by atoms with Gasteiger partial charge in [0, 0.05) is 11.1 Å². The minimum atomic E-state index is -0.0809. The van der Waals surface area contributed by atoms with E-state index in [1.54, 1.807) is 35.2 Å². The lowest BCUT2D eigenvalue weighted by molar-refractivity contribution is -0.328. The van der Waals surface area contributed by atoms with Gasteiger partial charge in [-0.05, 0) is 62.4 Å². The summed E-state index contributed by atoms with van der Waals surface area (Å²) in [4.78, 5) is 37.0. The molecule has 1 saturated heterocycles. The molecule has 4 heterocycles. The van der Waals surface area contributed by atoms with Gasteiger partial charge in [-0.3, -0.25) is 19.1 Å². The van der Waals surface area contributed by atoms with Crippen molar-refractivity contribution in [2.45, 2.75) is 32.6 Å². The van der Waals surface area contributed by atoms with Gasteiger partial charge in [-0.25, -0.2) is 9.97 Å². The summed E-state index contributed by atoms with van der Waals surface area (Å²) in [5.41, 5.74) is 4.76. The van der Waals surface area contributed by atoms with Crippen molar-refractivity contribution in [3.05, 3.63) is 57.6 Å². The maximum absolute atomic E-state index is 13.5. The molecule has 4 aromatic rings. The van der Waals surface area contributed by atoms with Gasteiger partial charge in [0.15, 0.2) is 10.6 Å². The highest BCUT2D eigenvalue weighted by atomic mass is 32.1. The molecule has 0 saturated carbocycles. The second kappa shape index (κ2) is 8.04. The third-order valence-electron chi connectivity index (χ3n) is 6.77. The Morgan fingerprint density at radius 3 is 2.55 bits per heavy atom. The van der Waals surface area contributed by atoms with E-state index in [0.717, 1.165) is 61.3 Å². The van der Waals surface area contributed by atoms with Crippen LogP contribution in [-0.4, -0.2) is 41.6 Å². The van der Waals surface area contributed by atoms with Gasteiger partial charge >= 0.3 is 0 Å². The number of anilines is 1. The SMILES string of the molecule is CC(=O)c1ccc(-n2cnc3c(sc4[nH+]c(N5CCOCC5)c5c(c43)CCCC5)c2=O)cc1. The van der Waals surface area contributed by atoms with Crippen LogP contribution < -0.4 is 15.4 Å². The van der Waals surface area contributed by atoms with Crippen LogP contribution in [0.2, 0.25) is 0 Å². The van der Waals surface area contributed by atoms with Crippen molar-refractivity contribution >= 4 is 43.4 Å². The number of pyridine rings is 1. The number of hydrogen-bond acceptors (Lipinski definition) is 6. The number of benzene rings is 1. The van der Waals surface area contributed by atoms with Crippen LogP contribution in [-0.2, 0) is 17.6 Å². The van der Waals surface area contributed by atoms with Crippen molar-refractivity contribution in [1.29, 1.82) is 0 Å². The zero-order valence-corrected chi connectivity index (χ0v) is 19.3. The van der Waals surface area contributed by atoms with Crippen LogP contribution in [0.1, 0.15) is 41.3 Å². The number of Topliss-reactive ketones (excluding diaryl/α,β-unsaturated/α-hetero) is 1. The van der Waals surface area contributed by atoms with Crippen molar-refractivity contribution in [3.8, 4) is 5.69 Å². The van der Waals surface area contributed by atoms with Crippen LogP contribution in [0.15, 0.2) is 35.4 Å². The number of ketones is 1. The number of nitrogens with zero attached hydrogens (tertiary/aromatic N) is 3. The average molecular weight is 462 g/mol. The molecule has 1 fully saturated rings. The molecule has 168 valence electrons. The Morgan fingerprint density at radius 1 is 1.09 bits per heavy atom. The van der Waals surface area contributed by atoms with Crippen molar-refractivity contribution in [3.63, 3.8) is 0 Å². The predicted octanol–water partition coefficient (Wildman–Crippen LogP) is 3.33. The first-order chi connectivity index (χ1) is 16.1. The number of aromatic amines is 1. The Morgan fingerprint density at radius 2 is 1.82 bits per heavy atom. The molecule has 6 rings (SSSR count). The molecule has 3 aromatic heterocycles. The zero-order valence-electron chi connectivity index (χ0n) is 18.5. The van der Waals surface area contributed by atoms with Crippen LogP contribution in [0.3, 0.4) is 0 Å². The summed E-state index contributed by atoms with van der Waals surface area (Å²) in [6.45, 7) is 4.76. The van der Waals surface area contributed by atoms with E-state index in [2.05, 4.69) is 9.88 Å². The quantitative estimate of drug-likeness (QED) is 0.437. The molecular weight excluding hydrogens is 436 g/mol. The lowest BCUT2D eigenvalue weighted by Crippen LogP contribution is -2.40. The molecule has 0 radical (unpaired) electrons. The molecular formula is C25H25N4O3S+. The fourth-order valence-corrected chi connectivity index (χ4v) is 6.17. The maximum Gasteiger partial charge on any atom is 0.279 e. The topological polar surface area (TPSA) is 78.6 Å². The number of ether oxygens (including phenoxy) is 1. The van der Waals surface area contributed by atoms with E-state index >= 15 is 0 Å². The average Bonchev–Trinajstić information content (AvgIpc) is 3.24. The molecule has 0 amide bonds. The standard InChI is InChI=1S/C25H24N4O3S/c1-15(30)16-6-8-17(9-7-16)29-14-26-21-20-18-4-2-3-5-19(18)23(28-10-12-32-13-11-28)27-24(20)33-22(21)25(29)31/h6-9,14H,2-5,10-13H2,1H3/p+1. The predicted molar refractivity (Wildman–Crippen MR) is 129 cm³/mol. The van der Waals surface area contributed by atoms with E-state index < -0.39 is 0 Å². The van der Waals surface area contributed by atoms with E-state index in [4.69, 9.17) is 9.72 Å². The number of carbonyl (C=O) groups is 1. The molecule has 1 aromatic carbocycles. The van der Waals surface area contributed by atoms with Gasteiger partial charge in [0.05, 0.1) is 24.3 Å². The highest BCUT2D eigenvalue weighted by Gasteiger charge is 2.30. The van der Waals surface area contributed by atoms with Crippen LogP contribution in [0.25, 0.3) is 26.1 Å². The normalized spacial score (nSPS) is 16.3. The van der Waals surface area contributed by atoms with Gasteiger partial charge in [-0.15, -0.1) is 0 Å². The fourth-order valence-electron chi connectivity index (χ4n) is 5.06. The summed E-state index contributed by atoms with van der Waals surface area (Å²) < 4.78 is 7.79. The number of hydrogen-bond donors (Lipinski definition) is 0. The van der Waals surface area contributed by atoms with Crippen molar-refractivity contribution in [2.75, 3.05) is 31.2 Å². The van der Waals surface area contributed by atoms with Crippen molar-refractivity contribution < 1.29 is 14.5 Å². The Bertz CT molecular complexity index is 1450. The van der Waals surface area contributed by atoms with Gasteiger partial charge < -0.3 is 4.74 Å². The largest absolute Gasteiger partial charge is 0.373 e. The molecule has 0 spiro atoms. The monoisotopic (exact) mass is 461 g/mol. The van der Waals surface area contributed by atoms with Crippen LogP contribution >= 0.6 is 11.3 Å².